The Bertz CT molecular complexity index is 707. The molecule has 1 aliphatic heterocycles. The number of hydrogen-bond donors (Lipinski definition) is 0. The van der Waals surface area contributed by atoms with E-state index in [1.165, 1.54) is 4.90 Å². The van der Waals surface area contributed by atoms with Crippen LogP contribution in [0.3, 0.4) is 0 Å². The Hall–Kier alpha value is -1.67. The van der Waals surface area contributed by atoms with Crippen molar-refractivity contribution in [1.82, 2.24) is 4.90 Å². The third kappa shape index (κ3) is 6.57. The molecule has 1 aromatic rings. The van der Waals surface area contributed by atoms with Gasteiger partial charge in [0.05, 0.1) is 0 Å². The maximum atomic E-state index is 14.8. The quantitative estimate of drug-likeness (QED) is 0.725. The summed E-state index contributed by atoms with van der Waals surface area (Å²) < 4.78 is 49.1. The first-order valence-electron chi connectivity index (χ1n) is 8.56. The number of alkyl halides is 1. The molecule has 1 amide bonds. The number of carbonyl (C=O) groups is 1. The van der Waals surface area contributed by atoms with Gasteiger partial charge in [0.2, 0.25) is 0 Å². The molecule has 0 saturated carbocycles. The summed E-state index contributed by atoms with van der Waals surface area (Å²) in [7, 11) is -3.87. The number of benzene rings is 1. The van der Waals surface area contributed by atoms with Crippen LogP contribution in [0.15, 0.2) is 30.3 Å². The fraction of sp³-hybridized carbons (Fsp3) is 0.611. The first kappa shape index (κ1) is 20.6. The zero-order valence-electron chi connectivity index (χ0n) is 15.4. The second-order valence-corrected chi connectivity index (χ2v) is 9.21. The van der Waals surface area contributed by atoms with Crippen LogP contribution in [-0.2, 0) is 24.8 Å². The molecule has 0 unspecified atom stereocenters. The van der Waals surface area contributed by atoms with E-state index in [0.717, 1.165) is 0 Å². The number of carbonyl (C=O) groups excluding carboxylic acids is 1. The Morgan fingerprint density at radius 2 is 1.77 bits per heavy atom. The molecular formula is C18H26FNO5S. The molecule has 1 aliphatic rings. The van der Waals surface area contributed by atoms with Crippen LogP contribution in [0.25, 0.3) is 0 Å². The Morgan fingerprint density at radius 3 is 2.31 bits per heavy atom. The van der Waals surface area contributed by atoms with Gasteiger partial charge in [-0.05, 0) is 26.3 Å². The van der Waals surface area contributed by atoms with Crippen molar-refractivity contribution >= 4 is 16.2 Å². The van der Waals surface area contributed by atoms with E-state index in [-0.39, 0.29) is 31.7 Å². The summed E-state index contributed by atoms with van der Waals surface area (Å²) in [6.45, 7) is 5.07. The summed E-state index contributed by atoms with van der Waals surface area (Å²) >= 11 is 0. The van der Waals surface area contributed by atoms with E-state index in [1.54, 1.807) is 51.1 Å². The van der Waals surface area contributed by atoms with Crippen LogP contribution in [-0.4, -0.2) is 50.4 Å². The van der Waals surface area contributed by atoms with E-state index < -0.39 is 34.1 Å². The second-order valence-electron chi connectivity index (χ2n) is 7.57. The van der Waals surface area contributed by atoms with E-state index in [2.05, 4.69) is 0 Å². The van der Waals surface area contributed by atoms with Crippen LogP contribution in [0.4, 0.5) is 9.18 Å². The van der Waals surface area contributed by atoms with E-state index >= 15 is 0 Å². The lowest BCUT2D eigenvalue weighted by molar-refractivity contribution is -0.00852. The zero-order chi connectivity index (χ0) is 19.4. The van der Waals surface area contributed by atoms with E-state index in [1.807, 2.05) is 0 Å². The molecule has 0 N–H and O–H groups in total. The highest BCUT2D eigenvalue weighted by molar-refractivity contribution is 7.85. The van der Waals surface area contributed by atoms with E-state index in [0.29, 0.717) is 5.56 Å². The van der Waals surface area contributed by atoms with Crippen LogP contribution in [0.1, 0.15) is 39.2 Å². The molecule has 1 saturated heterocycles. The summed E-state index contributed by atoms with van der Waals surface area (Å²) in [6, 6.07) is 8.59. The molecule has 1 heterocycles. The van der Waals surface area contributed by atoms with E-state index in [9.17, 15) is 17.6 Å². The number of nitrogens with zero attached hydrogens (tertiary/aromatic N) is 1. The van der Waals surface area contributed by atoms with Crippen molar-refractivity contribution in [3.63, 3.8) is 0 Å². The molecule has 0 aliphatic carbocycles. The average Bonchev–Trinajstić information content (AvgIpc) is 2.53. The molecular weight excluding hydrogens is 361 g/mol. The third-order valence-electron chi connectivity index (χ3n) is 3.99. The molecule has 1 aromatic carbocycles. The number of amides is 1. The summed E-state index contributed by atoms with van der Waals surface area (Å²) in [6.07, 6.45) is -0.475. The summed E-state index contributed by atoms with van der Waals surface area (Å²) in [5.41, 5.74) is -1.81. The second kappa shape index (κ2) is 7.92. The molecule has 0 bridgehead atoms. The van der Waals surface area contributed by atoms with Gasteiger partial charge < -0.3 is 9.64 Å². The predicted octanol–water partition coefficient (Wildman–Crippen LogP) is 3.27. The van der Waals surface area contributed by atoms with Gasteiger partial charge in [0.15, 0.2) is 0 Å². The number of likely N-dealkylation sites (tertiary alicyclic amines) is 1. The van der Waals surface area contributed by atoms with Gasteiger partial charge in [-0.3, -0.25) is 4.18 Å². The molecule has 2 rings (SSSR count). The molecule has 8 heteroatoms. The van der Waals surface area contributed by atoms with Crippen molar-refractivity contribution in [2.24, 2.45) is 0 Å². The molecule has 0 spiro atoms. The van der Waals surface area contributed by atoms with Crippen molar-refractivity contribution in [2.45, 2.75) is 50.6 Å². The standard InChI is InChI=1S/C18H26FNO5S/c1-17(2,3)25-16(21)20-11-9-18(19,10-12-20)14-24-26(22,23)13-15-7-5-4-6-8-15/h4-8H,9-14H2,1-3H3. The lowest BCUT2D eigenvalue weighted by Gasteiger charge is -2.36. The van der Waals surface area contributed by atoms with Crippen LogP contribution in [0.2, 0.25) is 0 Å². The number of ether oxygens (including phenoxy) is 1. The summed E-state index contributed by atoms with van der Waals surface area (Å²) in [4.78, 5) is 13.4. The molecule has 0 atom stereocenters. The highest BCUT2D eigenvalue weighted by Crippen LogP contribution is 2.28. The van der Waals surface area contributed by atoms with E-state index in [4.69, 9.17) is 8.92 Å². The van der Waals surface area contributed by atoms with Gasteiger partial charge in [-0.25, -0.2) is 9.18 Å². The molecule has 0 aromatic heterocycles. The largest absolute Gasteiger partial charge is 0.444 e. The monoisotopic (exact) mass is 387 g/mol. The van der Waals surface area contributed by atoms with Crippen molar-refractivity contribution in [3.05, 3.63) is 35.9 Å². The third-order valence-corrected chi connectivity index (χ3v) is 5.16. The normalized spacial score (nSPS) is 17.8. The Balaban J connectivity index is 1.84. The number of rotatable bonds is 5. The Morgan fingerprint density at radius 1 is 1.19 bits per heavy atom. The smallest absolute Gasteiger partial charge is 0.410 e. The van der Waals surface area contributed by atoms with Crippen molar-refractivity contribution in [3.8, 4) is 0 Å². The van der Waals surface area contributed by atoms with Gasteiger partial charge in [-0.2, -0.15) is 8.42 Å². The Labute approximate surface area is 154 Å². The van der Waals surface area contributed by atoms with Crippen LogP contribution >= 0.6 is 0 Å². The minimum absolute atomic E-state index is 0.00704. The molecule has 1 fully saturated rings. The molecule has 26 heavy (non-hydrogen) atoms. The van der Waals surface area contributed by atoms with Gasteiger partial charge in [0.1, 0.15) is 23.6 Å². The van der Waals surface area contributed by atoms with Crippen molar-refractivity contribution < 1.29 is 26.5 Å². The molecule has 146 valence electrons. The fourth-order valence-electron chi connectivity index (χ4n) is 2.58. The number of hydrogen-bond acceptors (Lipinski definition) is 5. The maximum absolute atomic E-state index is 14.8. The van der Waals surface area contributed by atoms with Gasteiger partial charge in [-0.15, -0.1) is 0 Å². The first-order chi connectivity index (χ1) is 12.0. The van der Waals surface area contributed by atoms with Crippen LogP contribution in [0.5, 0.6) is 0 Å². The zero-order valence-corrected chi connectivity index (χ0v) is 16.2. The maximum Gasteiger partial charge on any atom is 0.410 e. The van der Waals surface area contributed by atoms with Gasteiger partial charge in [0, 0.05) is 25.9 Å². The fourth-order valence-corrected chi connectivity index (χ4v) is 3.65. The van der Waals surface area contributed by atoms with Crippen LogP contribution < -0.4 is 0 Å². The highest BCUT2D eigenvalue weighted by Gasteiger charge is 2.38. The van der Waals surface area contributed by atoms with Gasteiger partial charge in [-0.1, -0.05) is 30.3 Å². The average molecular weight is 387 g/mol. The number of piperidine rings is 1. The first-order valence-corrected chi connectivity index (χ1v) is 10.1. The number of halogens is 1. The lowest BCUT2D eigenvalue weighted by Crippen LogP contribution is -2.48. The van der Waals surface area contributed by atoms with Crippen molar-refractivity contribution in [2.75, 3.05) is 19.7 Å². The van der Waals surface area contributed by atoms with Gasteiger partial charge in [0.25, 0.3) is 10.1 Å². The SMILES string of the molecule is CC(C)(C)OC(=O)N1CCC(F)(COS(=O)(=O)Cc2ccccc2)CC1. The minimum atomic E-state index is -3.87. The summed E-state index contributed by atoms with van der Waals surface area (Å²) in [5.74, 6) is -0.298. The summed E-state index contributed by atoms with van der Waals surface area (Å²) in [5, 5.41) is 0. The minimum Gasteiger partial charge on any atom is -0.444 e. The molecule has 6 nitrogen and oxygen atoms in total. The van der Waals surface area contributed by atoms with Crippen LogP contribution in [0, 0.1) is 0 Å². The molecule has 0 radical (unpaired) electrons. The predicted molar refractivity (Wildman–Crippen MR) is 95.9 cm³/mol. The van der Waals surface area contributed by atoms with Crippen molar-refractivity contribution in [1.29, 1.82) is 0 Å². The highest BCUT2D eigenvalue weighted by atomic mass is 32.2. The Kier molecular flexibility index (Phi) is 6.29. The lowest BCUT2D eigenvalue weighted by atomic mass is 9.95. The van der Waals surface area contributed by atoms with Gasteiger partial charge >= 0.3 is 6.09 Å². The topological polar surface area (TPSA) is 72.9 Å².